The maximum atomic E-state index is 3.92. The quantitative estimate of drug-likeness (QED) is 0.263. The van der Waals surface area contributed by atoms with Crippen LogP contribution in [0.2, 0.25) is 0 Å². The topological polar surface area (TPSA) is 24.1 Å². The van der Waals surface area contributed by atoms with Gasteiger partial charge in [0.2, 0.25) is 0 Å². The molecule has 2 aliphatic carbocycles. The zero-order valence-corrected chi connectivity index (χ0v) is 22.8. The van der Waals surface area contributed by atoms with Gasteiger partial charge in [-0.15, -0.1) is 6.58 Å². The molecule has 2 nitrogen and oxygen atoms in total. The van der Waals surface area contributed by atoms with Crippen LogP contribution in [-0.2, 0) is 6.42 Å². The molecule has 0 radical (unpaired) electrons. The molecular weight excluding hydrogens is 456 g/mol. The Morgan fingerprint density at radius 1 is 0.917 bits per heavy atom. The SMILES string of the molecule is C=CC1CC1.Cc1ccc(CC2Nc3ccc(SNc4ccc(C)c(C)c4)cc3C3CCCC23)cc1. The number of aryl methyl sites for hydroxylation is 3. The fourth-order valence-corrected chi connectivity index (χ4v) is 6.33. The van der Waals surface area contributed by atoms with Crippen LogP contribution in [0.1, 0.15) is 65.8 Å². The summed E-state index contributed by atoms with van der Waals surface area (Å²) in [5.41, 5.74) is 9.48. The third-order valence-corrected chi connectivity index (χ3v) is 9.00. The maximum absolute atomic E-state index is 3.92. The molecule has 1 heterocycles. The number of nitrogens with one attached hydrogen (secondary N) is 2. The molecule has 3 heteroatoms. The van der Waals surface area contributed by atoms with Crippen molar-refractivity contribution in [1.29, 1.82) is 0 Å². The average Bonchev–Trinajstić information content (AvgIpc) is 3.61. The predicted octanol–water partition coefficient (Wildman–Crippen LogP) is 9.23. The molecule has 0 bridgehead atoms. The molecule has 2 fully saturated rings. The monoisotopic (exact) mass is 496 g/mol. The van der Waals surface area contributed by atoms with Gasteiger partial charge in [-0.05, 0) is 135 Å². The highest BCUT2D eigenvalue weighted by Gasteiger charge is 2.39. The van der Waals surface area contributed by atoms with Crippen molar-refractivity contribution in [2.24, 2.45) is 11.8 Å². The van der Waals surface area contributed by atoms with E-state index in [1.165, 1.54) is 76.2 Å². The molecule has 3 unspecified atom stereocenters. The minimum atomic E-state index is 0.537. The van der Waals surface area contributed by atoms with Crippen molar-refractivity contribution in [1.82, 2.24) is 0 Å². The molecule has 0 aromatic heterocycles. The Kier molecular flexibility index (Phi) is 7.76. The number of rotatable bonds is 6. The Bertz CT molecular complexity index is 1190. The average molecular weight is 497 g/mol. The molecule has 36 heavy (non-hydrogen) atoms. The fourth-order valence-electron chi connectivity index (χ4n) is 5.64. The van der Waals surface area contributed by atoms with Crippen molar-refractivity contribution in [3.8, 4) is 0 Å². The van der Waals surface area contributed by atoms with Crippen molar-refractivity contribution in [2.45, 2.75) is 76.2 Å². The minimum absolute atomic E-state index is 0.537. The van der Waals surface area contributed by atoms with Gasteiger partial charge in [0, 0.05) is 22.3 Å². The molecule has 0 saturated heterocycles. The van der Waals surface area contributed by atoms with E-state index in [0.29, 0.717) is 12.0 Å². The first-order valence-corrected chi connectivity index (χ1v) is 14.4. The number of anilines is 2. The molecule has 6 rings (SSSR count). The number of fused-ring (bicyclic) bond motifs is 3. The lowest BCUT2D eigenvalue weighted by Crippen LogP contribution is -2.37. The summed E-state index contributed by atoms with van der Waals surface area (Å²) >= 11 is 1.72. The first-order chi connectivity index (χ1) is 17.5. The van der Waals surface area contributed by atoms with E-state index in [-0.39, 0.29) is 0 Å². The molecule has 3 atom stereocenters. The number of allylic oxidation sites excluding steroid dienone is 1. The summed E-state index contributed by atoms with van der Waals surface area (Å²) in [5.74, 6) is 2.32. The van der Waals surface area contributed by atoms with Gasteiger partial charge in [-0.25, -0.2) is 0 Å². The molecule has 3 aromatic carbocycles. The smallest absolute Gasteiger partial charge is 0.0445 e. The summed E-state index contributed by atoms with van der Waals surface area (Å²) < 4.78 is 3.54. The van der Waals surface area contributed by atoms with Gasteiger partial charge >= 0.3 is 0 Å². The lowest BCUT2D eigenvalue weighted by molar-refractivity contribution is 0.395. The van der Waals surface area contributed by atoms with E-state index in [4.69, 9.17) is 0 Å². The second-order valence-corrected chi connectivity index (χ2v) is 11.8. The lowest BCUT2D eigenvalue weighted by atomic mass is 9.78. The van der Waals surface area contributed by atoms with E-state index in [2.05, 4.69) is 98.1 Å². The van der Waals surface area contributed by atoms with Gasteiger partial charge in [-0.1, -0.05) is 48.4 Å². The van der Waals surface area contributed by atoms with Gasteiger partial charge in [-0.3, -0.25) is 0 Å². The molecule has 2 saturated carbocycles. The van der Waals surface area contributed by atoms with E-state index in [1.54, 1.807) is 11.9 Å². The van der Waals surface area contributed by atoms with Crippen LogP contribution in [0, 0.1) is 32.6 Å². The fraction of sp³-hybridized carbons (Fsp3) is 0.394. The summed E-state index contributed by atoms with van der Waals surface area (Å²) in [5, 5.41) is 3.92. The molecular formula is C33H40N2S. The highest BCUT2D eigenvalue weighted by atomic mass is 32.2. The molecule has 1 aliphatic heterocycles. The summed E-state index contributed by atoms with van der Waals surface area (Å²) in [6, 6.07) is 23.2. The van der Waals surface area contributed by atoms with Crippen LogP contribution in [0.15, 0.2) is 78.2 Å². The van der Waals surface area contributed by atoms with Crippen LogP contribution in [0.3, 0.4) is 0 Å². The Morgan fingerprint density at radius 2 is 1.72 bits per heavy atom. The van der Waals surface area contributed by atoms with Gasteiger partial charge in [-0.2, -0.15) is 0 Å². The van der Waals surface area contributed by atoms with Crippen LogP contribution in [0.4, 0.5) is 11.4 Å². The molecule has 3 aliphatic rings. The van der Waals surface area contributed by atoms with Crippen molar-refractivity contribution < 1.29 is 0 Å². The lowest BCUT2D eigenvalue weighted by Gasteiger charge is -2.37. The van der Waals surface area contributed by atoms with Crippen molar-refractivity contribution in [2.75, 3.05) is 10.0 Å². The van der Waals surface area contributed by atoms with Gasteiger partial charge in [0.05, 0.1) is 0 Å². The first-order valence-electron chi connectivity index (χ1n) is 13.6. The zero-order chi connectivity index (χ0) is 25.1. The maximum Gasteiger partial charge on any atom is 0.0445 e. The standard InChI is InChI=1S/C28H32N2S.C5H8/c1-18-7-10-21(11-8-18)16-28-25-6-4-5-24(25)26-17-23(13-14-27(26)29-28)31-30-22-12-9-19(2)20(3)15-22;1-2-5-3-4-5/h7-15,17,24-25,28-30H,4-6,16H2,1-3H3;2,5H,1,3-4H2. The molecule has 0 amide bonds. The van der Waals surface area contributed by atoms with Gasteiger partial charge in [0.25, 0.3) is 0 Å². The van der Waals surface area contributed by atoms with Gasteiger partial charge in [0.1, 0.15) is 0 Å². The Hall–Kier alpha value is -2.65. The largest absolute Gasteiger partial charge is 0.381 e. The number of hydrogen-bond acceptors (Lipinski definition) is 3. The first kappa shape index (κ1) is 25.0. The van der Waals surface area contributed by atoms with Gasteiger partial charge < -0.3 is 10.0 Å². The number of hydrogen-bond donors (Lipinski definition) is 2. The molecule has 188 valence electrons. The Morgan fingerprint density at radius 3 is 2.42 bits per heavy atom. The highest BCUT2D eigenvalue weighted by molar-refractivity contribution is 8.00. The van der Waals surface area contributed by atoms with E-state index >= 15 is 0 Å². The van der Waals surface area contributed by atoms with E-state index in [0.717, 1.165) is 18.3 Å². The third-order valence-electron chi connectivity index (χ3n) is 8.17. The van der Waals surface area contributed by atoms with Crippen molar-refractivity contribution >= 4 is 23.3 Å². The summed E-state index contributed by atoms with van der Waals surface area (Å²) in [6.07, 6.45) is 9.94. The third kappa shape index (κ3) is 6.00. The van der Waals surface area contributed by atoms with Crippen LogP contribution in [0.5, 0.6) is 0 Å². The van der Waals surface area contributed by atoms with Crippen LogP contribution >= 0.6 is 11.9 Å². The van der Waals surface area contributed by atoms with Crippen LogP contribution in [0.25, 0.3) is 0 Å². The highest BCUT2D eigenvalue weighted by Crippen LogP contribution is 2.49. The second kappa shape index (κ2) is 11.2. The van der Waals surface area contributed by atoms with E-state index in [9.17, 15) is 0 Å². The zero-order valence-electron chi connectivity index (χ0n) is 22.0. The van der Waals surface area contributed by atoms with E-state index < -0.39 is 0 Å². The molecule has 2 N–H and O–H groups in total. The Labute approximate surface area is 222 Å². The van der Waals surface area contributed by atoms with Crippen LogP contribution in [-0.4, -0.2) is 6.04 Å². The summed E-state index contributed by atoms with van der Waals surface area (Å²) in [6.45, 7) is 10.1. The normalized spacial score (nSPS) is 21.9. The Balaban J connectivity index is 0.000000477. The van der Waals surface area contributed by atoms with Crippen LogP contribution < -0.4 is 10.0 Å². The van der Waals surface area contributed by atoms with E-state index in [1.807, 2.05) is 6.08 Å². The van der Waals surface area contributed by atoms with Crippen molar-refractivity contribution in [3.05, 3.63) is 101 Å². The summed E-state index contributed by atoms with van der Waals surface area (Å²) in [7, 11) is 0. The van der Waals surface area contributed by atoms with Crippen molar-refractivity contribution in [3.63, 3.8) is 0 Å². The second-order valence-electron chi connectivity index (χ2n) is 11.0. The molecule has 3 aromatic rings. The van der Waals surface area contributed by atoms with Gasteiger partial charge in [0.15, 0.2) is 0 Å². The number of benzene rings is 3. The molecule has 0 spiro atoms. The minimum Gasteiger partial charge on any atom is -0.381 e. The summed E-state index contributed by atoms with van der Waals surface area (Å²) in [4.78, 5) is 1.29. The predicted molar refractivity (Wildman–Crippen MR) is 157 cm³/mol.